The van der Waals surface area contributed by atoms with Gasteiger partial charge in [0.05, 0.1) is 6.61 Å². The number of hydrogen-bond acceptors (Lipinski definition) is 2. The fraction of sp³-hybridized carbons (Fsp3) is 0.538. The molecule has 2 nitrogen and oxygen atoms in total. The first-order valence-electron chi connectivity index (χ1n) is 5.75. The molecule has 1 heterocycles. The number of halogens is 1. The van der Waals surface area contributed by atoms with E-state index in [1.807, 2.05) is 6.07 Å². The number of rotatable bonds is 3. The highest BCUT2D eigenvalue weighted by atomic mass is 19.1. The second kappa shape index (κ2) is 5.41. The van der Waals surface area contributed by atoms with Gasteiger partial charge in [0.15, 0.2) is 0 Å². The molecule has 1 aliphatic rings. The molecule has 1 aromatic carbocycles. The summed E-state index contributed by atoms with van der Waals surface area (Å²) in [6.07, 6.45) is 1.89. The van der Waals surface area contributed by atoms with Gasteiger partial charge in [0.2, 0.25) is 0 Å². The van der Waals surface area contributed by atoms with E-state index in [4.69, 9.17) is 4.74 Å². The Morgan fingerprint density at radius 3 is 2.75 bits per heavy atom. The predicted molar refractivity (Wildman–Crippen MR) is 59.8 cm³/mol. The van der Waals surface area contributed by atoms with Gasteiger partial charge in [-0.25, -0.2) is 4.39 Å². The van der Waals surface area contributed by atoms with E-state index < -0.39 is 0 Å². The summed E-state index contributed by atoms with van der Waals surface area (Å²) in [6, 6.07) is 6.55. The third-order valence-electron chi connectivity index (χ3n) is 3.31. The topological polar surface area (TPSA) is 29.5 Å². The third kappa shape index (κ3) is 2.60. The van der Waals surface area contributed by atoms with Crippen LogP contribution < -0.4 is 0 Å². The molecule has 0 radical (unpaired) electrons. The van der Waals surface area contributed by atoms with Crippen LogP contribution in [-0.4, -0.2) is 24.9 Å². The minimum atomic E-state index is -0.233. The zero-order valence-electron chi connectivity index (χ0n) is 9.23. The van der Waals surface area contributed by atoms with Gasteiger partial charge in [0.1, 0.15) is 5.82 Å². The van der Waals surface area contributed by atoms with E-state index in [0.29, 0.717) is 5.92 Å². The van der Waals surface area contributed by atoms with Crippen LogP contribution in [0.1, 0.15) is 24.3 Å². The normalized spacial score (nSPS) is 19.6. The van der Waals surface area contributed by atoms with E-state index >= 15 is 0 Å². The van der Waals surface area contributed by atoms with E-state index in [1.165, 1.54) is 12.1 Å². The van der Waals surface area contributed by atoms with Crippen molar-refractivity contribution in [1.29, 1.82) is 0 Å². The molecule has 0 spiro atoms. The lowest BCUT2D eigenvalue weighted by atomic mass is 9.82. The monoisotopic (exact) mass is 224 g/mol. The van der Waals surface area contributed by atoms with Gasteiger partial charge >= 0.3 is 0 Å². The van der Waals surface area contributed by atoms with E-state index in [2.05, 4.69) is 0 Å². The molecule has 0 bridgehead atoms. The molecular weight excluding hydrogens is 207 g/mol. The fourth-order valence-corrected chi connectivity index (χ4v) is 2.38. The Bertz CT molecular complexity index is 334. The van der Waals surface area contributed by atoms with Crippen LogP contribution in [0.3, 0.4) is 0 Å². The Kier molecular flexibility index (Phi) is 3.91. The Morgan fingerprint density at radius 1 is 1.38 bits per heavy atom. The predicted octanol–water partition coefficient (Wildman–Crippen LogP) is 2.33. The first-order valence-corrected chi connectivity index (χ1v) is 5.75. The molecular formula is C13H17FO2. The Balaban J connectivity index is 2.14. The summed E-state index contributed by atoms with van der Waals surface area (Å²) in [4.78, 5) is 0. The standard InChI is InChI=1S/C13H17FO2/c14-12-3-1-2-11(8-12)13(9-15)10-4-6-16-7-5-10/h1-3,8,10,13,15H,4-7,9H2. The van der Waals surface area contributed by atoms with Crippen molar-refractivity contribution in [1.82, 2.24) is 0 Å². The number of hydrogen-bond donors (Lipinski definition) is 1. The van der Waals surface area contributed by atoms with Crippen LogP contribution in [0.2, 0.25) is 0 Å². The lowest BCUT2D eigenvalue weighted by molar-refractivity contribution is 0.0493. The van der Waals surface area contributed by atoms with Gasteiger partial charge in [-0.3, -0.25) is 0 Å². The van der Waals surface area contributed by atoms with Crippen molar-refractivity contribution >= 4 is 0 Å². The molecule has 1 saturated heterocycles. The summed E-state index contributed by atoms with van der Waals surface area (Å²) in [5.74, 6) is 0.211. The van der Waals surface area contributed by atoms with Crippen molar-refractivity contribution in [3.63, 3.8) is 0 Å². The summed E-state index contributed by atoms with van der Waals surface area (Å²) < 4.78 is 18.4. The average Bonchev–Trinajstić information content (AvgIpc) is 2.31. The summed E-state index contributed by atoms with van der Waals surface area (Å²) >= 11 is 0. The number of benzene rings is 1. The van der Waals surface area contributed by atoms with Crippen LogP contribution in [-0.2, 0) is 4.74 Å². The van der Waals surface area contributed by atoms with Gasteiger partial charge < -0.3 is 9.84 Å². The summed E-state index contributed by atoms with van der Waals surface area (Å²) in [5, 5.41) is 9.46. The molecule has 1 unspecified atom stereocenters. The van der Waals surface area contributed by atoms with E-state index in [-0.39, 0.29) is 18.3 Å². The van der Waals surface area contributed by atoms with Gasteiger partial charge in [0, 0.05) is 19.1 Å². The molecule has 88 valence electrons. The first-order chi connectivity index (χ1) is 7.81. The van der Waals surface area contributed by atoms with Gasteiger partial charge in [-0.15, -0.1) is 0 Å². The molecule has 2 rings (SSSR count). The minimum Gasteiger partial charge on any atom is -0.396 e. The highest BCUT2D eigenvalue weighted by molar-refractivity contribution is 5.21. The molecule has 1 aromatic rings. The molecule has 1 N–H and O–H groups in total. The maximum atomic E-state index is 13.1. The maximum Gasteiger partial charge on any atom is 0.123 e. The molecule has 3 heteroatoms. The molecule has 0 aliphatic carbocycles. The van der Waals surface area contributed by atoms with Crippen molar-refractivity contribution in [2.45, 2.75) is 18.8 Å². The van der Waals surface area contributed by atoms with Crippen LogP contribution in [0.4, 0.5) is 4.39 Å². The average molecular weight is 224 g/mol. The van der Waals surface area contributed by atoms with Crippen LogP contribution in [0.15, 0.2) is 24.3 Å². The van der Waals surface area contributed by atoms with Crippen molar-refractivity contribution in [3.8, 4) is 0 Å². The van der Waals surface area contributed by atoms with Gasteiger partial charge in [-0.2, -0.15) is 0 Å². The SMILES string of the molecule is OCC(c1cccc(F)c1)C1CCOCC1. The highest BCUT2D eigenvalue weighted by Gasteiger charge is 2.24. The van der Waals surface area contributed by atoms with Crippen molar-refractivity contribution in [2.75, 3.05) is 19.8 Å². The lowest BCUT2D eigenvalue weighted by Gasteiger charge is -2.29. The van der Waals surface area contributed by atoms with Gasteiger partial charge in [-0.05, 0) is 36.5 Å². The quantitative estimate of drug-likeness (QED) is 0.853. The molecule has 1 aliphatic heterocycles. The Hall–Kier alpha value is -0.930. The van der Waals surface area contributed by atoms with Gasteiger partial charge in [0.25, 0.3) is 0 Å². The van der Waals surface area contributed by atoms with Gasteiger partial charge in [-0.1, -0.05) is 12.1 Å². The Morgan fingerprint density at radius 2 is 2.12 bits per heavy atom. The lowest BCUT2D eigenvalue weighted by Crippen LogP contribution is -2.24. The van der Waals surface area contributed by atoms with Crippen molar-refractivity contribution in [3.05, 3.63) is 35.6 Å². The van der Waals surface area contributed by atoms with Crippen LogP contribution in [0.25, 0.3) is 0 Å². The van der Waals surface area contributed by atoms with E-state index in [9.17, 15) is 9.50 Å². The minimum absolute atomic E-state index is 0.0413. The molecule has 0 saturated carbocycles. The third-order valence-corrected chi connectivity index (χ3v) is 3.31. The molecule has 0 amide bonds. The first kappa shape index (κ1) is 11.6. The van der Waals surface area contributed by atoms with Crippen LogP contribution in [0, 0.1) is 11.7 Å². The van der Waals surface area contributed by atoms with Crippen LogP contribution >= 0.6 is 0 Å². The summed E-state index contributed by atoms with van der Waals surface area (Å²) in [6.45, 7) is 1.57. The molecule has 0 aromatic heterocycles. The second-order valence-corrected chi connectivity index (χ2v) is 4.29. The molecule has 1 atom stereocenters. The Labute approximate surface area is 95.1 Å². The fourth-order valence-electron chi connectivity index (χ4n) is 2.38. The van der Waals surface area contributed by atoms with Crippen LogP contribution in [0.5, 0.6) is 0 Å². The maximum absolute atomic E-state index is 13.1. The number of aliphatic hydroxyl groups excluding tert-OH is 1. The summed E-state index contributed by atoms with van der Waals surface area (Å²) in [7, 11) is 0. The van der Waals surface area contributed by atoms with Crippen molar-refractivity contribution < 1.29 is 14.2 Å². The zero-order chi connectivity index (χ0) is 11.4. The second-order valence-electron chi connectivity index (χ2n) is 4.29. The zero-order valence-corrected chi connectivity index (χ0v) is 9.23. The molecule has 16 heavy (non-hydrogen) atoms. The van der Waals surface area contributed by atoms with E-state index in [1.54, 1.807) is 6.07 Å². The number of aliphatic hydroxyl groups is 1. The van der Waals surface area contributed by atoms with E-state index in [0.717, 1.165) is 31.6 Å². The number of ether oxygens (including phenoxy) is 1. The van der Waals surface area contributed by atoms with Crippen molar-refractivity contribution in [2.24, 2.45) is 5.92 Å². The summed E-state index contributed by atoms with van der Waals surface area (Å²) in [5.41, 5.74) is 0.898. The largest absolute Gasteiger partial charge is 0.396 e. The smallest absolute Gasteiger partial charge is 0.123 e. The highest BCUT2D eigenvalue weighted by Crippen LogP contribution is 2.31. The molecule has 1 fully saturated rings.